The first-order valence-electron chi connectivity index (χ1n) is 29.6. The minimum Gasteiger partial charge on any atom is -0.372 e. The fourth-order valence-electron chi connectivity index (χ4n) is 9.67. The summed E-state index contributed by atoms with van der Waals surface area (Å²) in [5.74, 6) is -3.67. The van der Waals surface area contributed by atoms with Gasteiger partial charge in [0.15, 0.2) is 21.7 Å². The van der Waals surface area contributed by atoms with Gasteiger partial charge in [0.1, 0.15) is 32.9 Å². The van der Waals surface area contributed by atoms with Crippen molar-refractivity contribution in [3.8, 4) is 6.07 Å². The Morgan fingerprint density at radius 2 is 1.25 bits per heavy atom. The fraction of sp³-hybridized carbons (Fsp3) is 0.254. The smallest absolute Gasteiger partial charge is 0.372 e. The molecule has 1 aliphatic rings. The van der Waals surface area contributed by atoms with Crippen LogP contribution in [0.25, 0.3) is 17.0 Å². The number of rotatable bonds is 28. The predicted molar refractivity (Wildman–Crippen MR) is 372 cm³/mol. The molecule has 4 aromatic carbocycles. The maximum atomic E-state index is 13.6. The van der Waals surface area contributed by atoms with Crippen molar-refractivity contribution >= 4 is 182 Å². The van der Waals surface area contributed by atoms with Gasteiger partial charge >= 0.3 is 10.6 Å². The van der Waals surface area contributed by atoms with E-state index in [2.05, 4.69) is 61.7 Å². The molecule has 8 N–H and O–H groups in total. The van der Waals surface area contributed by atoms with E-state index in [4.69, 9.17) is 39.9 Å². The van der Waals surface area contributed by atoms with E-state index in [1.54, 1.807) is 48.5 Å². The number of amides is 4. The molecule has 0 atom stereocenters. The lowest BCUT2D eigenvalue weighted by Gasteiger charge is -2.23. The Kier molecular flexibility index (Phi) is 26.3. The molecule has 0 bridgehead atoms. The Hall–Kier alpha value is -10.8. The minimum absolute atomic E-state index is 0.0598. The number of Topliss-reactive ketones (excluding diaryl/α,β-unsaturated/α-hetero) is 2. The summed E-state index contributed by atoms with van der Waals surface area (Å²) in [6.45, 7) is 20.9. The van der Waals surface area contributed by atoms with Crippen LogP contribution in [0.4, 0.5) is 78.8 Å². The highest BCUT2D eigenvalue weighted by Crippen LogP contribution is 2.44. The van der Waals surface area contributed by atoms with Gasteiger partial charge in [-0.2, -0.15) is 33.7 Å². The van der Waals surface area contributed by atoms with Crippen LogP contribution in [-0.2, 0) is 44.7 Å². The number of benzene rings is 4. The molecule has 3 aromatic heterocycles. The molecule has 1 fully saturated rings. The molecule has 0 spiro atoms. The number of nitrogens with one attached hydrogen (secondary N) is 5. The number of carbonyl (C=O) groups excluding carboxylic acids is 6. The molecule has 7 aromatic rings. The standard InChI is InChI=1S/C63H63N17O9S4.O3S/c1-8-79(9-2)42-23-25-49(75-77-59-48(34-64)55(93(87,88)89)54(92-59)33-47(37(6)83)58(86)68-40-19-15-17-38(27-40)56(65)84)51(29-42)70-61-72-62(74-63(73-61)91-44-21-13-12-14-22-44)71-52-30-43(80(10-3)11-4)24-26-50(52)76-78-60-53(66-7)32-45(90-60)31-46(36(5)82)57(85)69-41-20-16-18-39(28-41)67-35-81;1-4(2)3/h15-20,23-33,35,44H,8-14,21-22H2,1-6H3,(H2,65,84)(H,67,81)(H,68,86)(H,69,85)(H,87,88,89)(H2,70,71,72,73,74);/b46-31+,47-33-,77-75?,78-76?;. The van der Waals surface area contributed by atoms with Crippen LogP contribution in [0, 0.1) is 17.9 Å². The van der Waals surface area contributed by atoms with Crippen LogP contribution < -0.4 is 42.1 Å². The Bertz CT molecular complexity index is 4620. The third-order valence-corrected chi connectivity index (χ3v) is 18.5. The van der Waals surface area contributed by atoms with Crippen molar-refractivity contribution in [1.82, 2.24) is 15.0 Å². The first-order chi connectivity index (χ1) is 46.4. The molecule has 1 aliphatic carbocycles. The zero-order valence-corrected chi connectivity index (χ0v) is 56.9. The lowest BCUT2D eigenvalue weighted by molar-refractivity contribution is -0.120. The zero-order chi connectivity index (χ0) is 70.5. The lowest BCUT2D eigenvalue weighted by atomic mass is 10.0. The van der Waals surface area contributed by atoms with Crippen LogP contribution in [0.15, 0.2) is 133 Å². The van der Waals surface area contributed by atoms with E-state index in [-0.39, 0.29) is 60.2 Å². The summed E-state index contributed by atoms with van der Waals surface area (Å²) in [4.78, 5) is 97.5. The summed E-state index contributed by atoms with van der Waals surface area (Å²) >= 11 is 3.11. The molecule has 0 unspecified atom stereocenters. The number of aromatic nitrogens is 3. The van der Waals surface area contributed by atoms with Gasteiger partial charge in [0, 0.05) is 70.3 Å². The maximum Gasteiger partial charge on any atom is 0.425 e. The van der Waals surface area contributed by atoms with Gasteiger partial charge < -0.3 is 42.1 Å². The molecule has 29 nitrogen and oxygen atoms in total. The third-order valence-electron chi connectivity index (χ3n) is 14.3. The quantitative estimate of drug-likeness (QED) is 0.00455. The number of hydrogen-bond acceptors (Lipinski definition) is 26. The lowest BCUT2D eigenvalue weighted by Crippen LogP contribution is -2.21. The number of nitrogens with zero attached hydrogens (tertiary/aromatic N) is 11. The molecule has 3 heterocycles. The van der Waals surface area contributed by atoms with Crippen molar-refractivity contribution in [3.05, 3.63) is 134 Å². The molecule has 0 radical (unpaired) electrons. The highest BCUT2D eigenvalue weighted by atomic mass is 32.2. The van der Waals surface area contributed by atoms with Crippen LogP contribution in [0.3, 0.4) is 0 Å². The molecule has 502 valence electrons. The summed E-state index contributed by atoms with van der Waals surface area (Å²) in [7, 11) is -8.34. The van der Waals surface area contributed by atoms with Gasteiger partial charge in [0.05, 0.1) is 34.0 Å². The molecule has 34 heteroatoms. The fourth-order valence-corrected chi connectivity index (χ4v) is 13.8. The van der Waals surface area contributed by atoms with E-state index in [9.17, 15) is 47.0 Å². The van der Waals surface area contributed by atoms with E-state index < -0.39 is 66.0 Å². The number of thioether (sulfide) groups is 1. The van der Waals surface area contributed by atoms with Gasteiger partial charge in [-0.05, 0) is 145 Å². The zero-order valence-electron chi connectivity index (χ0n) is 52.8. The largest absolute Gasteiger partial charge is 0.425 e. The molecule has 4 amide bonds. The second kappa shape index (κ2) is 34.6. The Labute approximate surface area is 571 Å². The van der Waals surface area contributed by atoms with Crippen LogP contribution in [0.1, 0.15) is 99.3 Å². The number of anilines is 9. The molecule has 97 heavy (non-hydrogen) atoms. The molecule has 0 saturated heterocycles. The number of carbonyl (C=O) groups is 6. The highest BCUT2D eigenvalue weighted by Gasteiger charge is 2.29. The van der Waals surface area contributed by atoms with E-state index >= 15 is 0 Å². The van der Waals surface area contributed by atoms with Crippen molar-refractivity contribution in [2.75, 3.05) is 62.6 Å². The molecule has 8 rings (SSSR count). The number of ketones is 2. The number of primary amides is 1. The maximum absolute atomic E-state index is 13.6. The van der Waals surface area contributed by atoms with E-state index in [0.717, 1.165) is 67.8 Å². The number of nitrogens with two attached hydrogens (primary N) is 1. The highest BCUT2D eigenvalue weighted by molar-refractivity contribution is 7.99. The second-order valence-corrected chi connectivity index (χ2v) is 25.8. The van der Waals surface area contributed by atoms with Crippen LogP contribution in [0.2, 0.25) is 0 Å². The van der Waals surface area contributed by atoms with Crippen molar-refractivity contribution in [1.29, 1.82) is 5.26 Å². The summed E-state index contributed by atoms with van der Waals surface area (Å²) in [5.41, 5.74) is 7.84. The van der Waals surface area contributed by atoms with Gasteiger partial charge in [-0.3, -0.25) is 33.3 Å². The molecular formula is C63H63N17O12S5. The third kappa shape index (κ3) is 20.4. The van der Waals surface area contributed by atoms with Crippen molar-refractivity contribution in [3.63, 3.8) is 0 Å². The first-order valence-corrected chi connectivity index (χ1v) is 34.5. The van der Waals surface area contributed by atoms with Gasteiger partial charge in [-0.15, -0.1) is 50.6 Å². The van der Waals surface area contributed by atoms with Gasteiger partial charge in [0.2, 0.25) is 29.9 Å². The number of thiophene rings is 2. The Balaban J connectivity index is 0.00000322. The molecule has 0 aliphatic heterocycles. The van der Waals surface area contributed by atoms with E-state index in [0.29, 0.717) is 82.4 Å². The van der Waals surface area contributed by atoms with Crippen molar-refractivity contribution in [2.24, 2.45) is 26.2 Å². The van der Waals surface area contributed by atoms with Gasteiger partial charge in [-0.1, -0.05) is 43.2 Å². The van der Waals surface area contributed by atoms with Crippen molar-refractivity contribution in [2.45, 2.75) is 88.9 Å². The number of hydrogen-bond donors (Lipinski definition) is 7. The second-order valence-electron chi connectivity index (χ2n) is 20.7. The van der Waals surface area contributed by atoms with Crippen molar-refractivity contribution < 1.29 is 54.4 Å². The predicted octanol–water partition coefficient (Wildman–Crippen LogP) is 13.0. The first kappa shape index (κ1) is 73.7. The van der Waals surface area contributed by atoms with E-state index in [1.807, 2.05) is 39.8 Å². The minimum atomic E-state index is -5.22. The topological polar surface area (TPSA) is 417 Å². The summed E-state index contributed by atoms with van der Waals surface area (Å²) in [6, 6.07) is 26.0. The average molecular weight is 1410 g/mol. The van der Waals surface area contributed by atoms with Crippen LogP contribution in [-0.4, -0.2) is 108 Å². The van der Waals surface area contributed by atoms with Gasteiger partial charge in [-0.25, -0.2) is 4.85 Å². The van der Waals surface area contributed by atoms with E-state index in [1.165, 1.54) is 61.2 Å². The normalized spacial score (nSPS) is 12.5. The van der Waals surface area contributed by atoms with Gasteiger partial charge in [0.25, 0.3) is 21.9 Å². The SMILES string of the molecule is O=S(=O)=O.[C-]#[N+]c1cc(/C=C(\C(C)=O)C(=O)Nc2cccc(NC=O)c2)sc1N=Nc1ccc(N(CC)CC)cc1Nc1nc(Nc2cc(N(CC)CC)ccc2N=Nc2sc(/C=C(/C(C)=O)C(=O)Nc3cccc(C(N)=O)c3)c(S(=O)(=O)O)c2C#N)nc(SC2CCCCC2)n1. The average Bonchev–Trinajstić information content (AvgIpc) is 1.66. The Morgan fingerprint density at radius 1 is 0.732 bits per heavy atom. The monoisotopic (exact) mass is 1410 g/mol. The van der Waals surface area contributed by atoms with Crippen LogP contribution >= 0.6 is 34.4 Å². The Morgan fingerprint density at radius 3 is 1.74 bits per heavy atom. The summed E-state index contributed by atoms with van der Waals surface area (Å²) in [6.07, 6.45) is 7.82. The summed E-state index contributed by atoms with van der Waals surface area (Å²) < 4.78 is 62.0. The molecule has 1 saturated carbocycles. The summed E-state index contributed by atoms with van der Waals surface area (Å²) in [5, 5.41) is 43.3. The van der Waals surface area contributed by atoms with Crippen LogP contribution in [0.5, 0.6) is 0 Å². The number of nitriles is 1. The molecular weight excluding hydrogens is 1350 g/mol. The number of azo groups is 2.